The molecule has 1 aromatic carbocycles. The Balaban J connectivity index is 1.25. The summed E-state index contributed by atoms with van der Waals surface area (Å²) < 4.78 is 29.3. The number of aryl methyl sites for hydroxylation is 1. The Hall–Kier alpha value is -3.41. The van der Waals surface area contributed by atoms with E-state index < -0.39 is 35.9 Å². The normalized spacial score (nSPS) is 24.9. The van der Waals surface area contributed by atoms with Gasteiger partial charge >= 0.3 is 11.8 Å². The summed E-state index contributed by atoms with van der Waals surface area (Å²) >= 11 is 0. The van der Waals surface area contributed by atoms with Gasteiger partial charge in [-0.15, -0.1) is 0 Å². The highest BCUT2D eigenvalue weighted by Crippen LogP contribution is 2.33. The van der Waals surface area contributed by atoms with E-state index in [4.69, 9.17) is 9.47 Å². The van der Waals surface area contributed by atoms with Crippen LogP contribution in [0.15, 0.2) is 23.0 Å². The van der Waals surface area contributed by atoms with Gasteiger partial charge in [-0.25, -0.2) is 14.0 Å². The van der Waals surface area contributed by atoms with Gasteiger partial charge in [0, 0.05) is 33.1 Å². The second-order valence-electron chi connectivity index (χ2n) is 11.3. The summed E-state index contributed by atoms with van der Waals surface area (Å²) in [6.45, 7) is 6.68. The maximum Gasteiger partial charge on any atom is 0.410 e. The molecule has 3 atom stereocenters. The third kappa shape index (κ3) is 4.89. The molecule has 38 heavy (non-hydrogen) atoms. The van der Waals surface area contributed by atoms with Gasteiger partial charge in [0.15, 0.2) is 0 Å². The average Bonchev–Trinajstić information content (AvgIpc) is 3.06. The third-order valence-electron chi connectivity index (χ3n) is 7.29. The molecule has 1 unspecified atom stereocenters. The first kappa shape index (κ1) is 26.2. The zero-order chi connectivity index (χ0) is 27.4. The van der Waals surface area contributed by atoms with Crippen molar-refractivity contribution >= 4 is 34.6 Å². The first-order valence-electron chi connectivity index (χ1n) is 13.0. The van der Waals surface area contributed by atoms with Crippen molar-refractivity contribution in [2.75, 3.05) is 31.1 Å². The van der Waals surface area contributed by atoms with Crippen LogP contribution >= 0.6 is 0 Å². The van der Waals surface area contributed by atoms with E-state index in [0.29, 0.717) is 37.1 Å². The second-order valence-corrected chi connectivity index (χ2v) is 11.3. The summed E-state index contributed by atoms with van der Waals surface area (Å²) in [7, 11) is 1.66. The largest absolute Gasteiger partial charge is 0.444 e. The number of nitrogens with zero attached hydrogens (tertiary/aromatic N) is 4. The van der Waals surface area contributed by atoms with Crippen molar-refractivity contribution in [2.24, 2.45) is 7.05 Å². The van der Waals surface area contributed by atoms with Gasteiger partial charge in [0.1, 0.15) is 17.8 Å². The second kappa shape index (κ2) is 9.72. The fraction of sp³-hybridized carbons (Fsp3) is 0.615. The molecule has 3 aliphatic rings. The molecular weight excluding hydrogens is 497 g/mol. The molecule has 0 aliphatic carbocycles. The molecular formula is C26H34FN5O6. The fourth-order valence-corrected chi connectivity index (χ4v) is 5.40. The molecule has 3 saturated heterocycles. The smallest absolute Gasteiger partial charge is 0.410 e. The number of likely N-dealkylation sites (tertiary alicyclic amines) is 1. The Labute approximate surface area is 219 Å². The predicted octanol–water partition coefficient (Wildman–Crippen LogP) is 1.87. The molecule has 1 aromatic heterocycles. The standard InChI is InChI=1S/C26H34FN5O6/c1-26(2,3)38-25(36)30-11-10-20(16(27)14-30)37-15-12-31(13-15)17-6-5-7-18-22(17)29(4)24(35)32(18)19-8-9-21(33)28-23(19)34/h5-7,15-16,19-20H,8-14H2,1-4H3,(H,28,33,34)/t16-,19?,20+/m1/s1. The monoisotopic (exact) mass is 531 g/mol. The molecule has 206 valence electrons. The van der Waals surface area contributed by atoms with E-state index in [2.05, 4.69) is 10.2 Å². The van der Waals surface area contributed by atoms with Crippen LogP contribution in [-0.4, -0.2) is 82.1 Å². The lowest BCUT2D eigenvalue weighted by Crippen LogP contribution is -2.57. The Morgan fingerprint density at radius 3 is 2.50 bits per heavy atom. The number of ether oxygens (including phenoxy) is 2. The zero-order valence-corrected chi connectivity index (χ0v) is 22.1. The van der Waals surface area contributed by atoms with E-state index in [9.17, 15) is 23.6 Å². The third-order valence-corrected chi connectivity index (χ3v) is 7.29. The number of nitrogens with one attached hydrogen (secondary N) is 1. The van der Waals surface area contributed by atoms with Crippen LogP contribution in [0, 0.1) is 0 Å². The van der Waals surface area contributed by atoms with Gasteiger partial charge in [-0.3, -0.25) is 24.0 Å². The number of imide groups is 1. The summed E-state index contributed by atoms with van der Waals surface area (Å²) in [4.78, 5) is 53.0. The number of amides is 3. The quantitative estimate of drug-likeness (QED) is 0.599. The van der Waals surface area contributed by atoms with Gasteiger partial charge in [0.2, 0.25) is 11.8 Å². The minimum Gasteiger partial charge on any atom is -0.444 e. The van der Waals surface area contributed by atoms with E-state index in [1.807, 2.05) is 12.1 Å². The number of alkyl halides is 1. The van der Waals surface area contributed by atoms with Crippen LogP contribution in [0.3, 0.4) is 0 Å². The van der Waals surface area contributed by atoms with Gasteiger partial charge in [0.25, 0.3) is 0 Å². The van der Waals surface area contributed by atoms with E-state index in [-0.39, 0.29) is 37.1 Å². The van der Waals surface area contributed by atoms with Gasteiger partial charge in [-0.05, 0) is 45.7 Å². The van der Waals surface area contributed by atoms with Gasteiger partial charge in [0.05, 0.1) is 35.5 Å². The van der Waals surface area contributed by atoms with Crippen molar-refractivity contribution in [3.63, 3.8) is 0 Å². The number of carbonyl (C=O) groups excluding carboxylic acids is 3. The number of benzene rings is 1. The molecule has 0 spiro atoms. The maximum absolute atomic E-state index is 14.9. The highest BCUT2D eigenvalue weighted by Gasteiger charge is 2.39. The number of hydrogen-bond donors (Lipinski definition) is 1. The predicted molar refractivity (Wildman–Crippen MR) is 137 cm³/mol. The molecule has 1 N–H and O–H groups in total. The molecule has 0 saturated carbocycles. The van der Waals surface area contributed by atoms with E-state index in [0.717, 1.165) is 5.69 Å². The zero-order valence-electron chi connectivity index (χ0n) is 22.1. The molecule has 12 heteroatoms. The van der Waals surface area contributed by atoms with Crippen LogP contribution < -0.4 is 15.9 Å². The number of rotatable bonds is 4. The van der Waals surface area contributed by atoms with Crippen molar-refractivity contribution in [1.82, 2.24) is 19.4 Å². The molecule has 5 rings (SSSR count). The molecule has 2 aromatic rings. The number of aromatic nitrogens is 2. The first-order valence-corrected chi connectivity index (χ1v) is 13.0. The van der Waals surface area contributed by atoms with Crippen LogP contribution in [0.25, 0.3) is 11.0 Å². The summed E-state index contributed by atoms with van der Waals surface area (Å²) in [5.41, 5.74) is 1.17. The molecule has 3 aliphatic heterocycles. The SMILES string of the molecule is Cn1c(=O)n(C2CCC(=O)NC2=O)c2cccc(N3CC(O[C@H]4CCN(C(=O)OC(C)(C)C)C[C@H]4F)C3)c21. The van der Waals surface area contributed by atoms with Crippen molar-refractivity contribution in [2.45, 2.75) is 70.1 Å². The molecule has 3 fully saturated rings. The number of hydrogen-bond acceptors (Lipinski definition) is 7. The highest BCUT2D eigenvalue weighted by molar-refractivity contribution is 6.00. The van der Waals surface area contributed by atoms with Gasteiger partial charge in [-0.1, -0.05) is 6.07 Å². The maximum atomic E-state index is 14.9. The molecule has 0 radical (unpaired) electrons. The number of para-hydroxylation sites is 1. The van der Waals surface area contributed by atoms with Crippen LogP contribution in [0.5, 0.6) is 0 Å². The Morgan fingerprint density at radius 2 is 1.84 bits per heavy atom. The number of imidazole rings is 1. The molecule has 11 nitrogen and oxygen atoms in total. The van der Waals surface area contributed by atoms with Crippen molar-refractivity contribution in [1.29, 1.82) is 0 Å². The lowest BCUT2D eigenvalue weighted by Gasteiger charge is -2.44. The summed E-state index contributed by atoms with van der Waals surface area (Å²) in [6, 6.07) is 4.78. The first-order chi connectivity index (χ1) is 17.9. The molecule has 0 bridgehead atoms. The summed E-state index contributed by atoms with van der Waals surface area (Å²) in [6.07, 6.45) is -1.78. The van der Waals surface area contributed by atoms with Crippen LogP contribution in [0.2, 0.25) is 0 Å². The van der Waals surface area contributed by atoms with Gasteiger partial charge < -0.3 is 19.3 Å². The highest BCUT2D eigenvalue weighted by atomic mass is 19.1. The van der Waals surface area contributed by atoms with Crippen LogP contribution in [-0.2, 0) is 26.1 Å². The van der Waals surface area contributed by atoms with Crippen molar-refractivity contribution in [3.05, 3.63) is 28.7 Å². The Kier molecular flexibility index (Phi) is 6.70. The molecule has 4 heterocycles. The lowest BCUT2D eigenvalue weighted by molar-refractivity contribution is -0.135. The number of halogens is 1. The number of piperidine rings is 2. The van der Waals surface area contributed by atoms with E-state index in [1.165, 1.54) is 14.0 Å². The van der Waals surface area contributed by atoms with E-state index in [1.54, 1.807) is 33.9 Å². The Morgan fingerprint density at radius 1 is 1.11 bits per heavy atom. The van der Waals surface area contributed by atoms with E-state index >= 15 is 0 Å². The topological polar surface area (TPSA) is 115 Å². The number of carbonyl (C=O) groups is 3. The van der Waals surface area contributed by atoms with Crippen LogP contribution in [0.4, 0.5) is 14.9 Å². The Bertz CT molecular complexity index is 1320. The molecule has 3 amide bonds. The minimum absolute atomic E-state index is 0.0642. The van der Waals surface area contributed by atoms with Crippen LogP contribution in [0.1, 0.15) is 46.1 Å². The van der Waals surface area contributed by atoms with Gasteiger partial charge in [-0.2, -0.15) is 0 Å². The van der Waals surface area contributed by atoms with Crippen molar-refractivity contribution in [3.8, 4) is 0 Å². The average molecular weight is 532 g/mol. The fourth-order valence-electron chi connectivity index (χ4n) is 5.40. The summed E-state index contributed by atoms with van der Waals surface area (Å²) in [5, 5.41) is 2.32. The number of fused-ring (bicyclic) bond motifs is 1. The minimum atomic E-state index is -1.31. The number of anilines is 1. The lowest BCUT2D eigenvalue weighted by atomic mass is 10.0. The van der Waals surface area contributed by atoms with Crippen molar-refractivity contribution < 1.29 is 28.2 Å². The summed E-state index contributed by atoms with van der Waals surface area (Å²) in [5.74, 6) is -0.810.